The first-order valence-electron chi connectivity index (χ1n) is 4.70. The molecular formula is C11H9F2NO2. The number of carbonyl (C=O) groups is 1. The number of carbonyl (C=O) groups excluding carboxylic acids is 1. The van der Waals surface area contributed by atoms with Gasteiger partial charge in [-0.2, -0.15) is 4.39 Å². The van der Waals surface area contributed by atoms with E-state index in [0.717, 1.165) is 6.07 Å². The van der Waals surface area contributed by atoms with Crippen molar-refractivity contribution in [2.45, 2.75) is 6.92 Å². The Bertz CT molecular complexity index is 497. The number of benzene rings is 1. The summed E-state index contributed by atoms with van der Waals surface area (Å²) in [4.78, 5) is 15.6. The number of rotatable bonds is 1. The highest BCUT2D eigenvalue weighted by Gasteiger charge is 2.28. The molecule has 0 aliphatic carbocycles. The van der Waals surface area contributed by atoms with Crippen LogP contribution >= 0.6 is 0 Å². The van der Waals surface area contributed by atoms with E-state index in [1.807, 2.05) is 0 Å². The van der Waals surface area contributed by atoms with Gasteiger partial charge in [0.25, 0.3) is 0 Å². The Morgan fingerprint density at radius 2 is 2.12 bits per heavy atom. The van der Waals surface area contributed by atoms with Crippen molar-refractivity contribution in [3.63, 3.8) is 0 Å². The minimum atomic E-state index is -1.12. The van der Waals surface area contributed by atoms with E-state index in [1.165, 1.54) is 13.3 Å². The van der Waals surface area contributed by atoms with Gasteiger partial charge in [-0.05, 0) is 6.07 Å². The molecule has 0 saturated heterocycles. The van der Waals surface area contributed by atoms with Crippen molar-refractivity contribution >= 4 is 17.7 Å². The van der Waals surface area contributed by atoms with Gasteiger partial charge in [0.1, 0.15) is 5.69 Å². The van der Waals surface area contributed by atoms with Crippen molar-refractivity contribution in [2.75, 3.05) is 7.11 Å². The fourth-order valence-electron chi connectivity index (χ4n) is 1.59. The lowest BCUT2D eigenvalue weighted by atomic mass is 9.95. The van der Waals surface area contributed by atoms with Crippen LogP contribution in [0.15, 0.2) is 11.1 Å². The van der Waals surface area contributed by atoms with Crippen LogP contribution in [-0.2, 0) is 0 Å². The number of nitrogens with zero attached hydrogens (tertiary/aromatic N) is 1. The van der Waals surface area contributed by atoms with Gasteiger partial charge in [-0.1, -0.05) is 6.92 Å². The smallest absolute Gasteiger partial charge is 0.202 e. The minimum Gasteiger partial charge on any atom is -0.491 e. The van der Waals surface area contributed by atoms with E-state index in [1.54, 1.807) is 6.92 Å². The van der Waals surface area contributed by atoms with Crippen LogP contribution < -0.4 is 4.74 Å². The highest BCUT2D eigenvalue weighted by Crippen LogP contribution is 2.38. The van der Waals surface area contributed by atoms with Crippen molar-refractivity contribution in [1.82, 2.24) is 0 Å². The molecule has 1 heterocycles. The fourth-order valence-corrected chi connectivity index (χ4v) is 1.59. The van der Waals surface area contributed by atoms with Gasteiger partial charge in [0.05, 0.1) is 18.6 Å². The van der Waals surface area contributed by atoms with Crippen LogP contribution in [0.25, 0.3) is 0 Å². The Morgan fingerprint density at radius 3 is 2.75 bits per heavy atom. The van der Waals surface area contributed by atoms with Gasteiger partial charge >= 0.3 is 0 Å². The van der Waals surface area contributed by atoms with Gasteiger partial charge in [-0.3, -0.25) is 9.79 Å². The SMILES string of the molecule is COc1c(F)c(F)cc2c1N=CC(C)C2=O. The summed E-state index contributed by atoms with van der Waals surface area (Å²) in [6.07, 6.45) is 1.39. The van der Waals surface area contributed by atoms with Gasteiger partial charge in [0.15, 0.2) is 17.3 Å². The van der Waals surface area contributed by atoms with E-state index in [2.05, 4.69) is 4.99 Å². The third kappa shape index (κ3) is 1.39. The highest BCUT2D eigenvalue weighted by atomic mass is 19.2. The number of aliphatic imine (C=N–C) groups is 1. The third-order valence-corrected chi connectivity index (χ3v) is 2.46. The number of hydrogen-bond donors (Lipinski definition) is 0. The summed E-state index contributed by atoms with van der Waals surface area (Å²) in [6.45, 7) is 1.64. The molecule has 1 aromatic rings. The third-order valence-electron chi connectivity index (χ3n) is 2.46. The quantitative estimate of drug-likeness (QED) is 0.736. The zero-order chi connectivity index (χ0) is 11.9. The first kappa shape index (κ1) is 10.7. The summed E-state index contributed by atoms with van der Waals surface area (Å²) in [7, 11) is 1.20. The largest absolute Gasteiger partial charge is 0.491 e. The van der Waals surface area contributed by atoms with Crippen LogP contribution in [0.2, 0.25) is 0 Å². The number of methoxy groups -OCH3 is 1. The van der Waals surface area contributed by atoms with Crippen molar-refractivity contribution in [3.05, 3.63) is 23.3 Å². The summed E-state index contributed by atoms with van der Waals surface area (Å²) in [6, 6.07) is 0.864. The summed E-state index contributed by atoms with van der Waals surface area (Å²) in [5.41, 5.74) is 0.121. The zero-order valence-electron chi connectivity index (χ0n) is 8.75. The topological polar surface area (TPSA) is 38.7 Å². The molecule has 0 N–H and O–H groups in total. The fraction of sp³-hybridized carbons (Fsp3) is 0.273. The molecule has 5 heteroatoms. The summed E-state index contributed by atoms with van der Waals surface area (Å²) < 4.78 is 31.3. The number of ether oxygens (including phenoxy) is 1. The monoisotopic (exact) mass is 225 g/mol. The van der Waals surface area contributed by atoms with E-state index in [4.69, 9.17) is 4.74 Å². The number of Topliss-reactive ketones (excluding diaryl/α,β-unsaturated/α-hetero) is 1. The molecule has 84 valence electrons. The van der Waals surface area contributed by atoms with E-state index in [-0.39, 0.29) is 22.8 Å². The maximum atomic E-state index is 13.3. The van der Waals surface area contributed by atoms with Crippen molar-refractivity contribution in [1.29, 1.82) is 0 Å². The molecule has 1 aromatic carbocycles. The Labute approximate surface area is 90.8 Å². The average Bonchev–Trinajstić information content (AvgIpc) is 2.27. The molecule has 3 nitrogen and oxygen atoms in total. The predicted octanol–water partition coefficient (Wildman–Crippen LogP) is 2.51. The van der Waals surface area contributed by atoms with Gasteiger partial charge < -0.3 is 4.74 Å². The molecule has 1 atom stereocenters. The van der Waals surface area contributed by atoms with Crippen molar-refractivity contribution in [3.8, 4) is 5.75 Å². The Morgan fingerprint density at radius 1 is 1.44 bits per heavy atom. The number of hydrogen-bond acceptors (Lipinski definition) is 3. The van der Waals surface area contributed by atoms with E-state index >= 15 is 0 Å². The summed E-state index contributed by atoms with van der Waals surface area (Å²) in [5, 5.41) is 0. The molecular weight excluding hydrogens is 216 g/mol. The van der Waals surface area contributed by atoms with Crippen molar-refractivity contribution in [2.24, 2.45) is 10.9 Å². The van der Waals surface area contributed by atoms with Gasteiger partial charge in [-0.15, -0.1) is 0 Å². The van der Waals surface area contributed by atoms with Crippen LogP contribution in [-0.4, -0.2) is 19.1 Å². The molecule has 0 aromatic heterocycles. The number of fused-ring (bicyclic) bond motifs is 1. The van der Waals surface area contributed by atoms with E-state index in [0.29, 0.717) is 0 Å². The lowest BCUT2D eigenvalue weighted by Gasteiger charge is -2.16. The Balaban J connectivity index is 2.74. The number of ketones is 1. The normalized spacial score (nSPS) is 18.5. The van der Waals surface area contributed by atoms with Gasteiger partial charge in [0, 0.05) is 6.21 Å². The Kier molecular flexibility index (Phi) is 2.46. The van der Waals surface area contributed by atoms with Crippen LogP contribution in [0.3, 0.4) is 0 Å². The van der Waals surface area contributed by atoms with Crippen LogP contribution in [0, 0.1) is 17.6 Å². The molecule has 0 fully saturated rings. The first-order valence-corrected chi connectivity index (χ1v) is 4.70. The highest BCUT2D eigenvalue weighted by molar-refractivity contribution is 6.12. The molecule has 0 saturated carbocycles. The molecule has 1 unspecified atom stereocenters. The minimum absolute atomic E-state index is 0.0597. The zero-order valence-corrected chi connectivity index (χ0v) is 8.75. The molecule has 0 amide bonds. The molecule has 1 aliphatic rings. The lowest BCUT2D eigenvalue weighted by molar-refractivity contribution is 0.0961. The molecule has 0 radical (unpaired) electrons. The van der Waals surface area contributed by atoms with Crippen LogP contribution in [0.4, 0.5) is 14.5 Å². The van der Waals surface area contributed by atoms with Crippen LogP contribution in [0.1, 0.15) is 17.3 Å². The summed E-state index contributed by atoms with van der Waals surface area (Å²) >= 11 is 0. The lowest BCUT2D eigenvalue weighted by Crippen LogP contribution is -2.17. The second kappa shape index (κ2) is 3.66. The first-order chi connectivity index (χ1) is 7.56. The molecule has 0 spiro atoms. The predicted molar refractivity (Wildman–Crippen MR) is 54.6 cm³/mol. The van der Waals surface area contributed by atoms with Crippen molar-refractivity contribution < 1.29 is 18.3 Å². The van der Waals surface area contributed by atoms with E-state index < -0.39 is 17.6 Å². The second-order valence-electron chi connectivity index (χ2n) is 3.53. The van der Waals surface area contributed by atoms with Gasteiger partial charge in [0.2, 0.25) is 5.82 Å². The maximum Gasteiger partial charge on any atom is 0.202 e. The van der Waals surface area contributed by atoms with E-state index in [9.17, 15) is 13.6 Å². The molecule has 0 bridgehead atoms. The van der Waals surface area contributed by atoms with Crippen LogP contribution in [0.5, 0.6) is 5.75 Å². The summed E-state index contributed by atoms with van der Waals surface area (Å²) in [5.74, 6) is -3.27. The second-order valence-corrected chi connectivity index (χ2v) is 3.53. The van der Waals surface area contributed by atoms with Gasteiger partial charge in [-0.25, -0.2) is 4.39 Å². The average molecular weight is 225 g/mol. The standard InChI is InChI=1S/C11H9F2NO2/c1-5-4-14-9-6(10(5)15)3-7(12)8(13)11(9)16-2/h3-5H,1-2H3. The maximum absolute atomic E-state index is 13.3. The molecule has 1 aliphatic heterocycles. The molecule has 2 rings (SSSR count). The molecule has 16 heavy (non-hydrogen) atoms. The number of halogens is 2. The Hall–Kier alpha value is -1.78.